The van der Waals surface area contributed by atoms with Crippen LogP contribution in [0.15, 0.2) is 24.3 Å². The highest BCUT2D eigenvalue weighted by Crippen LogP contribution is 2.19. The predicted octanol–water partition coefficient (Wildman–Crippen LogP) is 2.86. The number of rotatable bonds is 8. The minimum atomic E-state index is 0.319. The van der Waals surface area contributed by atoms with Crippen LogP contribution in [0.4, 0.5) is 0 Å². The van der Waals surface area contributed by atoms with E-state index in [9.17, 15) is 5.11 Å². The van der Waals surface area contributed by atoms with Gasteiger partial charge in [-0.15, -0.1) is 0 Å². The van der Waals surface area contributed by atoms with Crippen LogP contribution < -0.4 is 5.32 Å². The molecule has 1 atom stereocenters. The summed E-state index contributed by atoms with van der Waals surface area (Å²) in [5.74, 6) is 0.319. The Morgan fingerprint density at radius 3 is 2.53 bits per heavy atom. The molecule has 0 saturated carbocycles. The summed E-state index contributed by atoms with van der Waals surface area (Å²) in [4.78, 5) is 0. The van der Waals surface area contributed by atoms with Gasteiger partial charge < -0.3 is 15.2 Å². The molecule has 1 aromatic rings. The Bertz CT molecular complexity index is 298. The van der Waals surface area contributed by atoms with Crippen molar-refractivity contribution in [2.24, 2.45) is 0 Å². The third-order valence-electron chi connectivity index (χ3n) is 2.76. The lowest BCUT2D eigenvalue weighted by molar-refractivity contribution is 0.144. The smallest absolute Gasteiger partial charge is 0.115 e. The number of phenols is 1. The van der Waals surface area contributed by atoms with Crippen molar-refractivity contribution in [1.29, 1.82) is 0 Å². The van der Waals surface area contributed by atoms with Crippen molar-refractivity contribution >= 4 is 0 Å². The third kappa shape index (κ3) is 5.20. The van der Waals surface area contributed by atoms with Gasteiger partial charge in [0.1, 0.15) is 5.75 Å². The van der Waals surface area contributed by atoms with Gasteiger partial charge in [0.25, 0.3) is 0 Å². The molecule has 0 aromatic heterocycles. The summed E-state index contributed by atoms with van der Waals surface area (Å²) in [6.45, 7) is 6.73. The molecule has 1 aromatic carbocycles. The maximum absolute atomic E-state index is 9.25. The van der Waals surface area contributed by atoms with Crippen molar-refractivity contribution in [3.63, 3.8) is 0 Å². The molecule has 0 spiro atoms. The predicted molar refractivity (Wildman–Crippen MR) is 70.3 cm³/mol. The highest BCUT2D eigenvalue weighted by molar-refractivity contribution is 5.27. The van der Waals surface area contributed by atoms with E-state index in [0.29, 0.717) is 11.8 Å². The fourth-order valence-electron chi connectivity index (χ4n) is 1.80. The number of nitrogens with one attached hydrogen (secondary N) is 1. The summed E-state index contributed by atoms with van der Waals surface area (Å²) >= 11 is 0. The Morgan fingerprint density at radius 2 is 1.94 bits per heavy atom. The van der Waals surface area contributed by atoms with E-state index < -0.39 is 0 Å². The summed E-state index contributed by atoms with van der Waals surface area (Å²) in [5, 5.41) is 12.7. The van der Waals surface area contributed by atoms with Crippen LogP contribution in [0.25, 0.3) is 0 Å². The second kappa shape index (κ2) is 8.09. The van der Waals surface area contributed by atoms with Crippen molar-refractivity contribution in [2.75, 3.05) is 19.8 Å². The van der Waals surface area contributed by atoms with E-state index >= 15 is 0 Å². The summed E-state index contributed by atoms with van der Waals surface area (Å²) in [7, 11) is 0. The molecule has 0 radical (unpaired) electrons. The third-order valence-corrected chi connectivity index (χ3v) is 2.76. The fraction of sp³-hybridized carbons (Fsp3) is 0.571. The zero-order valence-electron chi connectivity index (χ0n) is 10.8. The molecule has 0 aliphatic heterocycles. The van der Waals surface area contributed by atoms with Crippen LogP contribution in [-0.2, 0) is 4.74 Å². The first kappa shape index (κ1) is 14.0. The van der Waals surface area contributed by atoms with Gasteiger partial charge in [-0.25, -0.2) is 0 Å². The topological polar surface area (TPSA) is 41.5 Å². The Balaban J connectivity index is 2.35. The lowest BCUT2D eigenvalue weighted by Gasteiger charge is -2.17. The molecule has 0 saturated heterocycles. The molecule has 0 heterocycles. The van der Waals surface area contributed by atoms with E-state index in [0.717, 1.165) is 32.6 Å². The average molecular weight is 237 g/mol. The first-order chi connectivity index (χ1) is 8.27. The molecule has 2 N–H and O–H groups in total. The molecule has 0 aliphatic rings. The molecular weight excluding hydrogens is 214 g/mol. The molecule has 0 aliphatic carbocycles. The zero-order valence-corrected chi connectivity index (χ0v) is 10.8. The SMILES string of the molecule is CCOCCCNC(CC)c1ccc(O)cc1. The van der Waals surface area contributed by atoms with Crippen LogP contribution in [0.1, 0.15) is 38.3 Å². The molecule has 0 fully saturated rings. The van der Waals surface area contributed by atoms with Crippen LogP contribution in [0.5, 0.6) is 5.75 Å². The molecule has 0 bridgehead atoms. The summed E-state index contributed by atoms with van der Waals surface area (Å²) in [6, 6.07) is 7.77. The van der Waals surface area contributed by atoms with Crippen LogP contribution in [-0.4, -0.2) is 24.9 Å². The van der Waals surface area contributed by atoms with Crippen molar-refractivity contribution in [3.05, 3.63) is 29.8 Å². The largest absolute Gasteiger partial charge is 0.508 e. The minimum absolute atomic E-state index is 0.319. The Morgan fingerprint density at radius 1 is 1.24 bits per heavy atom. The Hall–Kier alpha value is -1.06. The maximum atomic E-state index is 9.25. The van der Waals surface area contributed by atoms with Gasteiger partial charge in [0, 0.05) is 19.3 Å². The molecule has 3 nitrogen and oxygen atoms in total. The van der Waals surface area contributed by atoms with Gasteiger partial charge in [-0.3, -0.25) is 0 Å². The van der Waals surface area contributed by atoms with Gasteiger partial charge >= 0.3 is 0 Å². The van der Waals surface area contributed by atoms with Gasteiger partial charge in [0.15, 0.2) is 0 Å². The molecule has 1 unspecified atom stereocenters. The van der Waals surface area contributed by atoms with Crippen molar-refractivity contribution in [2.45, 2.75) is 32.7 Å². The number of phenolic OH excluding ortho intramolecular Hbond substituents is 1. The van der Waals surface area contributed by atoms with E-state index in [-0.39, 0.29) is 0 Å². The molecule has 0 amide bonds. The lowest BCUT2D eigenvalue weighted by Crippen LogP contribution is -2.22. The Kier molecular flexibility index (Phi) is 6.67. The second-order valence-corrected chi connectivity index (χ2v) is 4.06. The van der Waals surface area contributed by atoms with Gasteiger partial charge in [-0.1, -0.05) is 19.1 Å². The van der Waals surface area contributed by atoms with Gasteiger partial charge in [-0.2, -0.15) is 0 Å². The molecule has 17 heavy (non-hydrogen) atoms. The van der Waals surface area contributed by atoms with E-state index in [1.54, 1.807) is 12.1 Å². The number of benzene rings is 1. The second-order valence-electron chi connectivity index (χ2n) is 4.06. The molecular formula is C14H23NO2. The summed E-state index contributed by atoms with van der Waals surface area (Å²) in [6.07, 6.45) is 2.07. The van der Waals surface area contributed by atoms with Crippen LogP contribution in [0.3, 0.4) is 0 Å². The number of ether oxygens (including phenoxy) is 1. The number of hydrogen-bond donors (Lipinski definition) is 2. The maximum Gasteiger partial charge on any atom is 0.115 e. The first-order valence-corrected chi connectivity index (χ1v) is 6.38. The van der Waals surface area contributed by atoms with Gasteiger partial charge in [-0.05, 0) is 44.0 Å². The fourth-order valence-corrected chi connectivity index (χ4v) is 1.80. The highest BCUT2D eigenvalue weighted by Gasteiger charge is 2.07. The first-order valence-electron chi connectivity index (χ1n) is 6.38. The molecule has 3 heteroatoms. The molecule has 96 valence electrons. The monoisotopic (exact) mass is 237 g/mol. The van der Waals surface area contributed by atoms with E-state index in [1.165, 1.54) is 5.56 Å². The minimum Gasteiger partial charge on any atom is -0.508 e. The van der Waals surface area contributed by atoms with E-state index in [4.69, 9.17) is 4.74 Å². The summed E-state index contributed by atoms with van der Waals surface area (Å²) < 4.78 is 5.30. The van der Waals surface area contributed by atoms with Gasteiger partial charge in [0.2, 0.25) is 0 Å². The average Bonchev–Trinajstić information content (AvgIpc) is 2.35. The number of hydrogen-bond acceptors (Lipinski definition) is 3. The standard InChI is InChI=1S/C14H23NO2/c1-3-14(15-10-5-11-17-4-2)12-6-8-13(16)9-7-12/h6-9,14-16H,3-5,10-11H2,1-2H3. The Labute approximate surface area is 104 Å². The lowest BCUT2D eigenvalue weighted by atomic mass is 10.0. The van der Waals surface area contributed by atoms with E-state index in [2.05, 4.69) is 12.2 Å². The van der Waals surface area contributed by atoms with E-state index in [1.807, 2.05) is 19.1 Å². The highest BCUT2D eigenvalue weighted by atomic mass is 16.5. The van der Waals surface area contributed by atoms with Crippen LogP contribution >= 0.6 is 0 Å². The normalized spacial score (nSPS) is 12.6. The quantitative estimate of drug-likeness (QED) is 0.683. The van der Waals surface area contributed by atoms with Gasteiger partial charge in [0.05, 0.1) is 0 Å². The van der Waals surface area contributed by atoms with Crippen molar-refractivity contribution in [3.8, 4) is 5.75 Å². The summed E-state index contributed by atoms with van der Waals surface area (Å²) in [5.41, 5.74) is 1.22. The van der Waals surface area contributed by atoms with Crippen molar-refractivity contribution < 1.29 is 9.84 Å². The molecule has 1 rings (SSSR count). The van der Waals surface area contributed by atoms with Crippen molar-refractivity contribution in [1.82, 2.24) is 5.32 Å². The zero-order chi connectivity index (χ0) is 12.5. The number of aromatic hydroxyl groups is 1. The van der Waals surface area contributed by atoms with Crippen LogP contribution in [0.2, 0.25) is 0 Å². The van der Waals surface area contributed by atoms with Crippen LogP contribution in [0, 0.1) is 0 Å².